The summed E-state index contributed by atoms with van der Waals surface area (Å²) in [5.74, 6) is 5.03. The van der Waals surface area contributed by atoms with Crippen LogP contribution in [0, 0.1) is 11.8 Å². The third-order valence-corrected chi connectivity index (χ3v) is 2.88. The molecule has 92 valence electrons. The van der Waals surface area contributed by atoms with Crippen LogP contribution in [0.5, 0.6) is 0 Å². The van der Waals surface area contributed by atoms with E-state index in [4.69, 9.17) is 5.73 Å². The van der Waals surface area contributed by atoms with Gasteiger partial charge in [-0.2, -0.15) is 0 Å². The predicted octanol–water partition coefficient (Wildman–Crippen LogP) is 1.40. The van der Waals surface area contributed by atoms with Gasteiger partial charge in [-0.25, -0.2) is 8.78 Å². The number of amides is 1. The van der Waals surface area contributed by atoms with Gasteiger partial charge < -0.3 is 10.6 Å². The third kappa shape index (κ3) is 4.13. The lowest BCUT2D eigenvalue weighted by atomic mass is 10.4. The van der Waals surface area contributed by atoms with Crippen molar-refractivity contribution in [3.8, 4) is 11.8 Å². The molecule has 0 fully saturated rings. The number of hydrogen-bond donors (Lipinski definition) is 1. The zero-order chi connectivity index (χ0) is 12.8. The van der Waals surface area contributed by atoms with Gasteiger partial charge in [0.05, 0.1) is 22.8 Å². The first kappa shape index (κ1) is 13.6. The van der Waals surface area contributed by atoms with Gasteiger partial charge in [0, 0.05) is 7.05 Å². The first-order valence-electron chi connectivity index (χ1n) is 4.87. The topological polar surface area (TPSA) is 46.3 Å². The molecule has 6 heteroatoms. The van der Waals surface area contributed by atoms with Gasteiger partial charge >= 0.3 is 0 Å². The summed E-state index contributed by atoms with van der Waals surface area (Å²) in [7, 11) is 1.35. The fraction of sp³-hybridized carbons (Fsp3) is 0.364. The molecular weight excluding hydrogens is 246 g/mol. The summed E-state index contributed by atoms with van der Waals surface area (Å²) in [5.41, 5.74) is 5.22. The van der Waals surface area contributed by atoms with Gasteiger partial charge in [0.2, 0.25) is 0 Å². The van der Waals surface area contributed by atoms with Crippen molar-refractivity contribution < 1.29 is 13.6 Å². The van der Waals surface area contributed by atoms with Crippen LogP contribution < -0.4 is 5.73 Å². The molecule has 0 spiro atoms. The summed E-state index contributed by atoms with van der Waals surface area (Å²) >= 11 is 1.17. The van der Waals surface area contributed by atoms with Crippen LogP contribution in [0.15, 0.2) is 12.1 Å². The van der Waals surface area contributed by atoms with Crippen molar-refractivity contribution in [2.24, 2.45) is 5.73 Å². The monoisotopic (exact) mass is 258 g/mol. The van der Waals surface area contributed by atoms with Gasteiger partial charge in [-0.05, 0) is 12.1 Å². The molecule has 1 heterocycles. The van der Waals surface area contributed by atoms with E-state index in [1.165, 1.54) is 18.4 Å². The van der Waals surface area contributed by atoms with Gasteiger partial charge in [0.15, 0.2) is 0 Å². The first-order valence-corrected chi connectivity index (χ1v) is 5.68. The molecule has 1 aromatic rings. The van der Waals surface area contributed by atoms with Crippen LogP contribution in [-0.4, -0.2) is 37.4 Å². The van der Waals surface area contributed by atoms with Crippen LogP contribution in [-0.2, 0) is 0 Å². The van der Waals surface area contributed by atoms with E-state index in [1.54, 1.807) is 12.1 Å². The summed E-state index contributed by atoms with van der Waals surface area (Å²) in [4.78, 5) is 13.8. The van der Waals surface area contributed by atoms with Gasteiger partial charge in [-0.1, -0.05) is 11.8 Å². The first-order chi connectivity index (χ1) is 8.04. The van der Waals surface area contributed by atoms with E-state index < -0.39 is 18.9 Å². The van der Waals surface area contributed by atoms with Crippen LogP contribution in [0.2, 0.25) is 0 Å². The van der Waals surface area contributed by atoms with Crippen molar-refractivity contribution in [2.75, 3.05) is 20.1 Å². The highest BCUT2D eigenvalue weighted by atomic mass is 32.1. The Morgan fingerprint density at radius 1 is 1.59 bits per heavy atom. The molecule has 0 aromatic carbocycles. The lowest BCUT2D eigenvalue weighted by Gasteiger charge is -2.14. The molecule has 0 aliphatic rings. The molecule has 2 N–H and O–H groups in total. The maximum atomic E-state index is 12.1. The molecule has 0 saturated carbocycles. The molecule has 0 unspecified atom stereocenters. The molecule has 17 heavy (non-hydrogen) atoms. The molecule has 1 aromatic heterocycles. The molecule has 1 amide bonds. The fourth-order valence-electron chi connectivity index (χ4n) is 1.14. The Balaban J connectivity index is 2.72. The third-order valence-electron chi connectivity index (χ3n) is 1.89. The molecular formula is C11H12F2N2OS. The van der Waals surface area contributed by atoms with Gasteiger partial charge in [-0.15, -0.1) is 11.3 Å². The zero-order valence-corrected chi connectivity index (χ0v) is 10.1. The number of halogens is 2. The summed E-state index contributed by atoms with van der Waals surface area (Å²) < 4.78 is 24.2. The number of thiophene rings is 1. The van der Waals surface area contributed by atoms with Crippen LogP contribution in [0.4, 0.5) is 8.78 Å². The molecule has 0 aliphatic heterocycles. The normalized spacial score (nSPS) is 9.94. The van der Waals surface area contributed by atoms with E-state index in [0.29, 0.717) is 9.75 Å². The zero-order valence-electron chi connectivity index (χ0n) is 9.24. The summed E-state index contributed by atoms with van der Waals surface area (Å²) in [6, 6.07) is 3.26. The average molecular weight is 258 g/mol. The minimum atomic E-state index is -2.53. The van der Waals surface area contributed by atoms with Gasteiger partial charge in [0.25, 0.3) is 12.3 Å². The van der Waals surface area contributed by atoms with E-state index in [1.807, 2.05) is 0 Å². The smallest absolute Gasteiger partial charge is 0.263 e. The lowest BCUT2D eigenvalue weighted by Crippen LogP contribution is -2.30. The highest BCUT2D eigenvalue weighted by Crippen LogP contribution is 2.17. The molecule has 3 nitrogen and oxygen atoms in total. The van der Waals surface area contributed by atoms with Crippen molar-refractivity contribution in [3.05, 3.63) is 21.9 Å². The summed E-state index contributed by atoms with van der Waals surface area (Å²) in [6.07, 6.45) is -2.53. The van der Waals surface area contributed by atoms with Crippen molar-refractivity contribution in [3.63, 3.8) is 0 Å². The Morgan fingerprint density at radius 2 is 2.29 bits per heavy atom. The Hall–Kier alpha value is -1.45. The average Bonchev–Trinajstić information content (AvgIpc) is 2.72. The molecule has 0 bridgehead atoms. The van der Waals surface area contributed by atoms with E-state index in [9.17, 15) is 13.6 Å². The lowest BCUT2D eigenvalue weighted by molar-refractivity contribution is 0.0624. The second-order valence-corrected chi connectivity index (χ2v) is 4.33. The van der Waals surface area contributed by atoms with E-state index in [2.05, 4.69) is 11.8 Å². The number of hydrogen-bond acceptors (Lipinski definition) is 3. The van der Waals surface area contributed by atoms with Crippen molar-refractivity contribution in [1.82, 2.24) is 4.90 Å². The van der Waals surface area contributed by atoms with Gasteiger partial charge in [0.1, 0.15) is 0 Å². The quantitative estimate of drug-likeness (QED) is 0.833. The second-order valence-electron chi connectivity index (χ2n) is 3.25. The molecule has 0 atom stereocenters. The Bertz CT molecular complexity index is 448. The molecule has 0 saturated heterocycles. The Morgan fingerprint density at radius 3 is 2.88 bits per heavy atom. The number of carbonyl (C=O) groups is 1. The predicted molar refractivity (Wildman–Crippen MR) is 63.2 cm³/mol. The fourth-order valence-corrected chi connectivity index (χ4v) is 2.01. The maximum Gasteiger partial charge on any atom is 0.263 e. The van der Waals surface area contributed by atoms with Crippen molar-refractivity contribution in [1.29, 1.82) is 0 Å². The number of carbonyl (C=O) groups excluding carboxylic acids is 1. The van der Waals surface area contributed by atoms with Crippen LogP contribution in [0.1, 0.15) is 14.5 Å². The van der Waals surface area contributed by atoms with Gasteiger partial charge in [-0.3, -0.25) is 4.79 Å². The molecule has 0 aliphatic carbocycles. The number of nitrogens with zero attached hydrogens (tertiary/aromatic N) is 1. The van der Waals surface area contributed by atoms with Crippen molar-refractivity contribution >= 4 is 17.2 Å². The number of alkyl halides is 2. The minimum Gasteiger partial charge on any atom is -0.335 e. The summed E-state index contributed by atoms with van der Waals surface area (Å²) in [6.45, 7) is -0.326. The minimum absolute atomic E-state index is 0.243. The summed E-state index contributed by atoms with van der Waals surface area (Å²) in [5, 5.41) is 0. The maximum absolute atomic E-state index is 12.1. The van der Waals surface area contributed by atoms with Crippen molar-refractivity contribution in [2.45, 2.75) is 6.43 Å². The highest BCUT2D eigenvalue weighted by Gasteiger charge is 2.17. The van der Waals surface area contributed by atoms with Crippen LogP contribution >= 0.6 is 11.3 Å². The van der Waals surface area contributed by atoms with E-state index in [-0.39, 0.29) is 6.54 Å². The standard InChI is InChI=1S/C11H12F2N2OS/c1-15(7-10(12)13)11(16)9-5-4-8(17-9)3-2-6-14/h4-5,10H,6-7,14H2,1H3. The molecule has 1 rings (SSSR count). The van der Waals surface area contributed by atoms with E-state index in [0.717, 1.165) is 4.90 Å². The second kappa shape index (κ2) is 6.33. The SMILES string of the molecule is CN(CC(F)F)C(=O)c1ccc(C#CCN)s1. The highest BCUT2D eigenvalue weighted by molar-refractivity contribution is 7.14. The Kier molecular flexibility index (Phi) is 5.07. The number of nitrogens with two attached hydrogens (primary N) is 1. The number of rotatable bonds is 3. The van der Waals surface area contributed by atoms with E-state index >= 15 is 0 Å². The molecule has 0 radical (unpaired) electrons. The van der Waals surface area contributed by atoms with Crippen LogP contribution in [0.25, 0.3) is 0 Å². The van der Waals surface area contributed by atoms with Crippen LogP contribution in [0.3, 0.4) is 0 Å². The largest absolute Gasteiger partial charge is 0.335 e. The Labute approximate surface area is 102 Å².